The van der Waals surface area contributed by atoms with E-state index in [9.17, 15) is 4.79 Å². The highest BCUT2D eigenvalue weighted by molar-refractivity contribution is 6.03. The second kappa shape index (κ2) is 9.90. The van der Waals surface area contributed by atoms with Gasteiger partial charge >= 0.3 is 0 Å². The summed E-state index contributed by atoms with van der Waals surface area (Å²) in [4.78, 5) is 18.6. The Hall–Kier alpha value is -3.28. The minimum absolute atomic E-state index is 0.101. The fraction of sp³-hybridized carbons (Fsp3) is 0.385. The van der Waals surface area contributed by atoms with Crippen molar-refractivity contribution in [2.75, 3.05) is 14.2 Å². The molecule has 32 heavy (non-hydrogen) atoms. The molecule has 6 heteroatoms. The average Bonchev–Trinajstić information content (AvgIpc) is 2.98. The van der Waals surface area contributed by atoms with Gasteiger partial charge in [0.2, 0.25) is 0 Å². The lowest BCUT2D eigenvalue weighted by Gasteiger charge is -2.10. The molecular weight excluding hydrogens is 402 g/mol. The molecule has 0 aliphatic heterocycles. The summed E-state index contributed by atoms with van der Waals surface area (Å²) in [6, 6.07) is 15.5. The van der Waals surface area contributed by atoms with E-state index in [1.54, 1.807) is 18.9 Å². The summed E-state index contributed by atoms with van der Waals surface area (Å²) >= 11 is 0. The van der Waals surface area contributed by atoms with Crippen LogP contribution in [0.1, 0.15) is 51.0 Å². The minimum Gasteiger partial charge on any atom is -0.497 e. The summed E-state index contributed by atoms with van der Waals surface area (Å²) in [5.74, 6) is 1.52. The first-order valence-corrected chi connectivity index (χ1v) is 11.3. The maximum absolute atomic E-state index is 13.6. The zero-order chi connectivity index (χ0) is 22.5. The zero-order valence-electron chi connectivity index (χ0n) is 19.1. The van der Waals surface area contributed by atoms with Gasteiger partial charge in [-0.05, 0) is 68.3 Å². The fourth-order valence-electron chi connectivity index (χ4n) is 4.38. The third-order valence-electron chi connectivity index (χ3n) is 6.16. The largest absolute Gasteiger partial charge is 0.497 e. The lowest BCUT2D eigenvalue weighted by atomic mass is 10.0. The highest BCUT2D eigenvalue weighted by Crippen LogP contribution is 2.26. The molecule has 1 heterocycles. The Morgan fingerprint density at radius 1 is 0.906 bits per heavy atom. The standard InChI is InChI=1S/C26H31N3O3/c1-18(27-20-8-6-4-5-7-9-20)24-25(19-10-14-22(31-2)15-11-19)28-29(26(24)30)21-12-16-23(32-3)17-13-21/h10-17,20,28H,4-9H2,1-3H3. The Morgan fingerprint density at radius 2 is 1.47 bits per heavy atom. The number of methoxy groups -OCH3 is 2. The Kier molecular flexibility index (Phi) is 6.78. The molecule has 0 amide bonds. The van der Waals surface area contributed by atoms with Gasteiger partial charge in [-0.1, -0.05) is 25.7 Å². The van der Waals surface area contributed by atoms with Gasteiger partial charge in [-0.3, -0.25) is 14.9 Å². The van der Waals surface area contributed by atoms with Crippen molar-refractivity contribution in [2.45, 2.75) is 51.5 Å². The SMILES string of the molecule is COc1ccc(-c2[nH]n(-c3ccc(OC)cc3)c(=O)c2C(C)=NC2CCCCCC2)cc1. The molecule has 0 bridgehead atoms. The summed E-state index contributed by atoms with van der Waals surface area (Å²) in [5, 5.41) is 3.33. The number of aromatic amines is 1. The van der Waals surface area contributed by atoms with E-state index in [-0.39, 0.29) is 11.6 Å². The molecule has 1 N–H and O–H groups in total. The van der Waals surface area contributed by atoms with E-state index < -0.39 is 0 Å². The topological polar surface area (TPSA) is 68.6 Å². The fourth-order valence-corrected chi connectivity index (χ4v) is 4.38. The van der Waals surface area contributed by atoms with Gasteiger partial charge in [0.05, 0.1) is 37.2 Å². The van der Waals surface area contributed by atoms with Crippen LogP contribution in [0.25, 0.3) is 16.9 Å². The number of aliphatic imine (C=N–C) groups is 1. The van der Waals surface area contributed by atoms with Gasteiger partial charge in [0.1, 0.15) is 11.5 Å². The smallest absolute Gasteiger partial charge is 0.280 e. The van der Waals surface area contributed by atoms with Gasteiger partial charge in [-0.15, -0.1) is 0 Å². The Morgan fingerprint density at radius 3 is 2.03 bits per heavy atom. The van der Waals surface area contributed by atoms with Crippen LogP contribution in [0.2, 0.25) is 0 Å². The molecule has 4 rings (SSSR count). The molecule has 1 aliphatic rings. The number of aromatic nitrogens is 2. The third-order valence-corrected chi connectivity index (χ3v) is 6.16. The number of benzene rings is 2. The lowest BCUT2D eigenvalue weighted by Crippen LogP contribution is -2.20. The molecule has 0 unspecified atom stereocenters. The van der Waals surface area contributed by atoms with E-state index in [0.717, 1.165) is 47.0 Å². The molecule has 0 saturated heterocycles. The third kappa shape index (κ3) is 4.64. The second-order valence-corrected chi connectivity index (χ2v) is 8.29. The van der Waals surface area contributed by atoms with E-state index in [0.29, 0.717) is 5.56 Å². The van der Waals surface area contributed by atoms with Crippen molar-refractivity contribution in [3.05, 3.63) is 64.4 Å². The van der Waals surface area contributed by atoms with Gasteiger partial charge in [-0.2, -0.15) is 0 Å². The van der Waals surface area contributed by atoms with E-state index in [1.165, 1.54) is 25.7 Å². The van der Waals surface area contributed by atoms with Gasteiger partial charge in [0.25, 0.3) is 5.56 Å². The van der Waals surface area contributed by atoms with Crippen LogP contribution in [0.15, 0.2) is 58.3 Å². The molecule has 2 aromatic carbocycles. The molecule has 0 radical (unpaired) electrons. The Bertz CT molecular complexity index is 1120. The molecule has 1 saturated carbocycles. The molecule has 0 spiro atoms. The van der Waals surface area contributed by atoms with Gasteiger partial charge < -0.3 is 9.47 Å². The van der Waals surface area contributed by atoms with E-state index in [1.807, 2.05) is 55.5 Å². The molecule has 6 nitrogen and oxygen atoms in total. The van der Waals surface area contributed by atoms with Crippen LogP contribution in [0.5, 0.6) is 11.5 Å². The zero-order valence-corrected chi connectivity index (χ0v) is 19.1. The molecule has 1 aromatic heterocycles. The summed E-state index contributed by atoms with van der Waals surface area (Å²) in [6.45, 7) is 1.96. The second-order valence-electron chi connectivity index (χ2n) is 8.29. The van der Waals surface area contributed by atoms with Gasteiger partial charge in [0, 0.05) is 11.3 Å². The van der Waals surface area contributed by atoms with Crippen LogP contribution in [-0.4, -0.2) is 35.8 Å². The van der Waals surface area contributed by atoms with Crippen molar-refractivity contribution in [2.24, 2.45) is 4.99 Å². The van der Waals surface area contributed by atoms with Crippen LogP contribution in [0.4, 0.5) is 0 Å². The summed E-state index contributed by atoms with van der Waals surface area (Å²) in [6.07, 6.45) is 7.14. The number of rotatable bonds is 6. The summed E-state index contributed by atoms with van der Waals surface area (Å²) in [5.41, 5.74) is 3.74. The van der Waals surface area contributed by atoms with E-state index >= 15 is 0 Å². The van der Waals surface area contributed by atoms with Crippen molar-refractivity contribution >= 4 is 5.71 Å². The quantitative estimate of drug-likeness (QED) is 0.419. The van der Waals surface area contributed by atoms with E-state index in [2.05, 4.69) is 5.10 Å². The normalized spacial score (nSPS) is 15.4. The Labute approximate surface area is 188 Å². The number of hydrogen-bond acceptors (Lipinski definition) is 4. The maximum atomic E-state index is 13.6. The monoisotopic (exact) mass is 433 g/mol. The Balaban J connectivity index is 1.81. The molecule has 3 aromatic rings. The number of nitrogens with zero attached hydrogens (tertiary/aromatic N) is 2. The maximum Gasteiger partial charge on any atom is 0.280 e. The first-order valence-electron chi connectivity index (χ1n) is 11.3. The van der Waals surface area contributed by atoms with Crippen LogP contribution in [0, 0.1) is 0 Å². The van der Waals surface area contributed by atoms with Crippen LogP contribution in [0.3, 0.4) is 0 Å². The van der Waals surface area contributed by atoms with Crippen LogP contribution >= 0.6 is 0 Å². The van der Waals surface area contributed by atoms with Crippen molar-refractivity contribution in [1.82, 2.24) is 9.78 Å². The van der Waals surface area contributed by atoms with E-state index in [4.69, 9.17) is 14.5 Å². The number of hydrogen-bond donors (Lipinski definition) is 1. The highest BCUT2D eigenvalue weighted by Gasteiger charge is 2.21. The minimum atomic E-state index is -0.101. The molecule has 0 atom stereocenters. The average molecular weight is 434 g/mol. The summed E-state index contributed by atoms with van der Waals surface area (Å²) in [7, 11) is 3.27. The molecule has 168 valence electrons. The molecule has 1 fully saturated rings. The van der Waals surface area contributed by atoms with Crippen LogP contribution < -0.4 is 15.0 Å². The van der Waals surface area contributed by atoms with Crippen molar-refractivity contribution in [3.8, 4) is 28.4 Å². The van der Waals surface area contributed by atoms with Gasteiger partial charge in [-0.25, -0.2) is 4.68 Å². The van der Waals surface area contributed by atoms with Crippen molar-refractivity contribution in [1.29, 1.82) is 0 Å². The molecule has 1 aliphatic carbocycles. The first kappa shape index (κ1) is 21.9. The predicted octanol–water partition coefficient (Wildman–Crippen LogP) is 5.38. The predicted molar refractivity (Wildman–Crippen MR) is 129 cm³/mol. The lowest BCUT2D eigenvalue weighted by molar-refractivity contribution is 0.414. The van der Waals surface area contributed by atoms with Crippen LogP contribution in [-0.2, 0) is 0 Å². The summed E-state index contributed by atoms with van der Waals surface area (Å²) < 4.78 is 12.1. The van der Waals surface area contributed by atoms with Crippen molar-refractivity contribution < 1.29 is 9.47 Å². The first-order chi connectivity index (χ1) is 15.6. The molecular formula is C26H31N3O3. The number of H-pyrrole nitrogens is 1. The highest BCUT2D eigenvalue weighted by atomic mass is 16.5. The number of nitrogens with one attached hydrogen (secondary N) is 1. The van der Waals surface area contributed by atoms with Gasteiger partial charge in [0.15, 0.2) is 0 Å². The number of ether oxygens (including phenoxy) is 2. The van der Waals surface area contributed by atoms with Crippen molar-refractivity contribution in [3.63, 3.8) is 0 Å².